The quantitative estimate of drug-likeness (QED) is 0.391. The number of rotatable bonds is 8. The lowest BCUT2D eigenvalue weighted by molar-refractivity contribution is -0.857. The number of amides is 1. The van der Waals surface area contributed by atoms with Crippen molar-refractivity contribution in [2.75, 3.05) is 33.8 Å². The molecule has 1 fully saturated rings. The summed E-state index contributed by atoms with van der Waals surface area (Å²) in [7, 11) is 3.97. The Kier molecular flexibility index (Phi) is 6.84. The van der Waals surface area contributed by atoms with Crippen molar-refractivity contribution < 1.29 is 24.3 Å². The molecule has 1 atom stereocenters. The number of hydrogen-bond acceptors (Lipinski definition) is 5. The van der Waals surface area contributed by atoms with E-state index in [1.54, 1.807) is 42.7 Å². The van der Waals surface area contributed by atoms with Gasteiger partial charge < -0.3 is 19.6 Å². The molecule has 1 amide bonds. The zero-order valence-corrected chi connectivity index (χ0v) is 17.6. The first-order valence-electron chi connectivity index (χ1n) is 10.1. The number of quaternary nitrogens is 1. The summed E-state index contributed by atoms with van der Waals surface area (Å²) < 4.78 is 5.58. The molecule has 0 saturated carbocycles. The molecule has 0 spiro atoms. The van der Waals surface area contributed by atoms with E-state index in [0.29, 0.717) is 36.6 Å². The minimum absolute atomic E-state index is 0.0870. The van der Waals surface area contributed by atoms with Crippen LogP contribution in [0.2, 0.25) is 0 Å². The first-order chi connectivity index (χ1) is 14.4. The smallest absolute Gasteiger partial charge is 0.295 e. The molecule has 1 aliphatic heterocycles. The lowest BCUT2D eigenvalue weighted by Crippen LogP contribution is -3.06. The van der Waals surface area contributed by atoms with E-state index in [4.69, 9.17) is 4.74 Å². The number of ketones is 1. The second-order valence-corrected chi connectivity index (χ2v) is 7.61. The molecule has 1 aromatic heterocycles. The topological polar surface area (TPSA) is 84.2 Å². The number of aromatic nitrogens is 1. The fourth-order valence-electron chi connectivity index (χ4n) is 3.42. The predicted octanol–water partition coefficient (Wildman–Crippen LogP) is 1.44. The van der Waals surface area contributed by atoms with Gasteiger partial charge in [0.15, 0.2) is 0 Å². The fraction of sp³-hybridized carbons (Fsp3) is 0.348. The van der Waals surface area contributed by atoms with Gasteiger partial charge >= 0.3 is 0 Å². The summed E-state index contributed by atoms with van der Waals surface area (Å²) in [5, 5.41) is 11.0. The van der Waals surface area contributed by atoms with Crippen molar-refractivity contribution in [3.63, 3.8) is 0 Å². The van der Waals surface area contributed by atoms with E-state index >= 15 is 0 Å². The van der Waals surface area contributed by atoms with E-state index in [2.05, 4.69) is 4.98 Å². The summed E-state index contributed by atoms with van der Waals surface area (Å²) in [6, 6.07) is 9.77. The number of likely N-dealkylation sites (tertiary alicyclic amines) is 1. The molecular formula is C23H28N3O4+. The SMILES string of the molecule is CCCOc1ccc(/C(O)=C2\C(=O)C(=O)N(CC[NH+](C)C)[C@@H]2c2cccnc2)cc1. The Morgan fingerprint density at radius 2 is 1.93 bits per heavy atom. The molecule has 0 bridgehead atoms. The predicted molar refractivity (Wildman–Crippen MR) is 113 cm³/mol. The van der Waals surface area contributed by atoms with Crippen molar-refractivity contribution in [3.8, 4) is 5.75 Å². The Hall–Kier alpha value is -3.19. The van der Waals surface area contributed by atoms with Gasteiger partial charge in [-0.3, -0.25) is 14.6 Å². The van der Waals surface area contributed by atoms with E-state index in [1.807, 2.05) is 27.1 Å². The van der Waals surface area contributed by atoms with E-state index in [0.717, 1.165) is 11.3 Å². The van der Waals surface area contributed by atoms with Gasteiger partial charge in [-0.25, -0.2) is 0 Å². The van der Waals surface area contributed by atoms with Crippen molar-refractivity contribution in [1.29, 1.82) is 0 Å². The maximum Gasteiger partial charge on any atom is 0.295 e. The molecule has 7 nitrogen and oxygen atoms in total. The van der Waals surface area contributed by atoms with Crippen LogP contribution in [0.4, 0.5) is 0 Å². The minimum atomic E-state index is -0.679. The number of aliphatic hydroxyl groups excluding tert-OH is 1. The number of pyridine rings is 1. The van der Waals surface area contributed by atoms with Gasteiger partial charge in [-0.05, 0) is 42.3 Å². The second-order valence-electron chi connectivity index (χ2n) is 7.61. The largest absolute Gasteiger partial charge is 0.507 e. The van der Waals surface area contributed by atoms with Gasteiger partial charge in [0.2, 0.25) is 0 Å². The standard InChI is InChI=1S/C23H27N3O4/c1-4-14-30-18-9-7-16(8-10-18)21(27)19-20(17-6-5-11-24-15-17)26(13-12-25(2)3)23(29)22(19)28/h5-11,15,20,27H,4,12-14H2,1-3H3/p+1/b21-19+/t20-/m1/s1. The van der Waals surface area contributed by atoms with Crippen molar-refractivity contribution in [2.45, 2.75) is 19.4 Å². The van der Waals surface area contributed by atoms with Crippen LogP contribution in [0.15, 0.2) is 54.4 Å². The van der Waals surface area contributed by atoms with Gasteiger partial charge in [-0.1, -0.05) is 13.0 Å². The average Bonchev–Trinajstić information content (AvgIpc) is 3.01. The number of hydrogen-bond donors (Lipinski definition) is 2. The molecule has 3 rings (SSSR count). The van der Waals surface area contributed by atoms with Gasteiger partial charge in [0.05, 0.1) is 45.4 Å². The van der Waals surface area contributed by atoms with Crippen LogP contribution in [0.25, 0.3) is 5.76 Å². The number of nitrogens with one attached hydrogen (secondary N) is 1. The van der Waals surface area contributed by atoms with Crippen LogP contribution in [0.5, 0.6) is 5.75 Å². The van der Waals surface area contributed by atoms with Crippen LogP contribution in [0.1, 0.15) is 30.5 Å². The highest BCUT2D eigenvalue weighted by Gasteiger charge is 2.46. The number of likely N-dealkylation sites (N-methyl/N-ethyl adjacent to an activating group) is 1. The number of Topliss-reactive ketones (excluding diaryl/α,β-unsaturated/α-hetero) is 1. The first-order valence-corrected chi connectivity index (χ1v) is 10.1. The van der Waals surface area contributed by atoms with Crippen molar-refractivity contribution in [3.05, 3.63) is 65.5 Å². The Bertz CT molecular complexity index is 923. The van der Waals surface area contributed by atoms with Crippen LogP contribution in [-0.4, -0.2) is 60.5 Å². The third-order valence-corrected chi connectivity index (χ3v) is 4.99. The number of carbonyl (C=O) groups excluding carboxylic acids is 2. The Morgan fingerprint density at radius 1 is 1.20 bits per heavy atom. The third kappa shape index (κ3) is 4.52. The van der Waals surface area contributed by atoms with E-state index < -0.39 is 17.7 Å². The van der Waals surface area contributed by atoms with Gasteiger partial charge in [-0.15, -0.1) is 0 Å². The molecule has 0 unspecified atom stereocenters. The summed E-state index contributed by atoms with van der Waals surface area (Å²) in [5.74, 6) is -0.786. The average molecular weight is 410 g/mol. The molecule has 2 heterocycles. The number of benzene rings is 1. The minimum Gasteiger partial charge on any atom is -0.507 e. The van der Waals surface area contributed by atoms with Crippen LogP contribution >= 0.6 is 0 Å². The maximum absolute atomic E-state index is 12.9. The maximum atomic E-state index is 12.9. The van der Waals surface area contributed by atoms with Gasteiger partial charge in [0.1, 0.15) is 11.5 Å². The first kappa shape index (κ1) is 21.5. The molecule has 158 valence electrons. The zero-order chi connectivity index (χ0) is 21.7. The van der Waals surface area contributed by atoms with Crippen molar-refractivity contribution >= 4 is 17.4 Å². The van der Waals surface area contributed by atoms with E-state index in [-0.39, 0.29) is 11.3 Å². The molecular weight excluding hydrogens is 382 g/mol. The normalized spacial score (nSPS) is 18.3. The summed E-state index contributed by atoms with van der Waals surface area (Å²) in [6.45, 7) is 3.70. The van der Waals surface area contributed by atoms with E-state index in [9.17, 15) is 14.7 Å². The summed E-state index contributed by atoms with van der Waals surface area (Å²) in [6.07, 6.45) is 4.15. The van der Waals surface area contributed by atoms with Gasteiger partial charge in [0.25, 0.3) is 11.7 Å². The monoisotopic (exact) mass is 410 g/mol. The highest BCUT2D eigenvalue weighted by Crippen LogP contribution is 2.38. The molecule has 1 aliphatic rings. The molecule has 1 aromatic carbocycles. The van der Waals surface area contributed by atoms with Crippen LogP contribution < -0.4 is 9.64 Å². The number of nitrogens with zero attached hydrogens (tertiary/aromatic N) is 2. The molecule has 0 aliphatic carbocycles. The summed E-state index contributed by atoms with van der Waals surface area (Å²) in [5.41, 5.74) is 1.24. The number of carbonyl (C=O) groups is 2. The summed E-state index contributed by atoms with van der Waals surface area (Å²) >= 11 is 0. The van der Waals surface area contributed by atoms with Crippen LogP contribution in [0, 0.1) is 0 Å². The highest BCUT2D eigenvalue weighted by molar-refractivity contribution is 6.46. The van der Waals surface area contributed by atoms with Crippen LogP contribution in [0.3, 0.4) is 0 Å². The number of ether oxygens (including phenoxy) is 1. The van der Waals surface area contributed by atoms with E-state index in [1.165, 1.54) is 4.90 Å². The molecule has 0 radical (unpaired) electrons. The lowest BCUT2D eigenvalue weighted by atomic mass is 9.96. The molecule has 30 heavy (non-hydrogen) atoms. The van der Waals surface area contributed by atoms with Gasteiger partial charge in [-0.2, -0.15) is 0 Å². The molecule has 2 N–H and O–H groups in total. The van der Waals surface area contributed by atoms with Gasteiger partial charge in [0, 0.05) is 18.0 Å². The lowest BCUT2D eigenvalue weighted by Gasteiger charge is -2.25. The van der Waals surface area contributed by atoms with Crippen molar-refractivity contribution in [2.24, 2.45) is 0 Å². The molecule has 2 aromatic rings. The second kappa shape index (κ2) is 9.54. The Labute approximate surface area is 176 Å². The zero-order valence-electron chi connectivity index (χ0n) is 17.6. The fourth-order valence-corrected chi connectivity index (χ4v) is 3.42. The highest BCUT2D eigenvalue weighted by atomic mass is 16.5. The molecule has 7 heteroatoms. The Morgan fingerprint density at radius 3 is 2.53 bits per heavy atom. The Balaban J connectivity index is 2.03. The van der Waals surface area contributed by atoms with Crippen molar-refractivity contribution in [1.82, 2.24) is 9.88 Å². The van der Waals surface area contributed by atoms with Crippen LogP contribution in [-0.2, 0) is 9.59 Å². The summed E-state index contributed by atoms with van der Waals surface area (Å²) in [4.78, 5) is 32.5. The third-order valence-electron chi connectivity index (χ3n) is 4.99. The number of aliphatic hydroxyl groups is 1. The molecule has 1 saturated heterocycles.